The van der Waals surface area contributed by atoms with Crippen molar-refractivity contribution in [2.24, 2.45) is 0 Å². The molecule has 0 aromatic carbocycles. The summed E-state index contributed by atoms with van der Waals surface area (Å²) in [5.41, 5.74) is -0.893. The normalized spacial score (nSPS) is 21.6. The summed E-state index contributed by atoms with van der Waals surface area (Å²) >= 11 is 0. The maximum atomic E-state index is 13.1. The van der Waals surface area contributed by atoms with Crippen LogP contribution in [0.25, 0.3) is 0 Å². The highest BCUT2D eigenvalue weighted by atomic mass is 19.4. The van der Waals surface area contributed by atoms with Gasteiger partial charge in [-0.15, -0.1) is 0 Å². The minimum absolute atomic E-state index is 0.144. The first-order chi connectivity index (χ1) is 7.97. The van der Waals surface area contributed by atoms with Gasteiger partial charge in [0.15, 0.2) is 0 Å². The van der Waals surface area contributed by atoms with Crippen LogP contribution in [0, 0.1) is 0 Å². The maximum Gasteiger partial charge on any atom is 0.419 e. The van der Waals surface area contributed by atoms with Gasteiger partial charge in [0.05, 0.1) is 12.1 Å². The SMILES string of the molecule is FC1CCCN(c2ncc(C(F)(F)F)cn2)C1. The molecule has 1 saturated heterocycles. The van der Waals surface area contributed by atoms with E-state index in [-0.39, 0.29) is 12.5 Å². The van der Waals surface area contributed by atoms with Crippen LogP contribution in [0.1, 0.15) is 18.4 Å². The molecule has 1 aromatic heterocycles. The lowest BCUT2D eigenvalue weighted by Crippen LogP contribution is -2.37. The van der Waals surface area contributed by atoms with Crippen LogP contribution < -0.4 is 4.90 Å². The van der Waals surface area contributed by atoms with Crippen molar-refractivity contribution in [2.45, 2.75) is 25.2 Å². The first-order valence-corrected chi connectivity index (χ1v) is 5.25. The number of nitrogens with zero attached hydrogens (tertiary/aromatic N) is 3. The largest absolute Gasteiger partial charge is 0.419 e. The third kappa shape index (κ3) is 2.83. The van der Waals surface area contributed by atoms with Gasteiger partial charge >= 0.3 is 6.18 Å². The predicted molar refractivity (Wildman–Crippen MR) is 53.4 cm³/mol. The summed E-state index contributed by atoms with van der Waals surface area (Å²) in [7, 11) is 0. The molecule has 1 unspecified atom stereocenters. The Labute approximate surface area is 95.5 Å². The molecule has 0 saturated carbocycles. The molecular formula is C10H11F4N3. The van der Waals surface area contributed by atoms with Crippen LogP contribution >= 0.6 is 0 Å². The maximum absolute atomic E-state index is 13.1. The average molecular weight is 249 g/mol. The Morgan fingerprint density at radius 1 is 1.24 bits per heavy atom. The van der Waals surface area contributed by atoms with Crippen LogP contribution in [0.3, 0.4) is 0 Å². The molecule has 2 rings (SSSR count). The van der Waals surface area contributed by atoms with Crippen LogP contribution in [-0.4, -0.2) is 29.2 Å². The molecule has 1 aromatic rings. The molecule has 1 aliphatic rings. The summed E-state index contributed by atoms with van der Waals surface area (Å²) in [6.45, 7) is 0.719. The van der Waals surface area contributed by atoms with Crippen LogP contribution in [0.2, 0.25) is 0 Å². The molecule has 7 heteroatoms. The number of aromatic nitrogens is 2. The zero-order chi connectivity index (χ0) is 12.5. The summed E-state index contributed by atoms with van der Waals surface area (Å²) < 4.78 is 49.9. The van der Waals surface area contributed by atoms with Gasteiger partial charge in [0.1, 0.15) is 6.17 Å². The van der Waals surface area contributed by atoms with Gasteiger partial charge in [-0.05, 0) is 12.8 Å². The number of piperidine rings is 1. The molecule has 0 spiro atoms. The summed E-state index contributed by atoms with van der Waals surface area (Å²) in [6.07, 6.45) is -2.81. The number of hydrogen-bond acceptors (Lipinski definition) is 3. The Bertz CT molecular complexity index is 376. The number of rotatable bonds is 1. The Morgan fingerprint density at radius 2 is 1.88 bits per heavy atom. The van der Waals surface area contributed by atoms with E-state index in [4.69, 9.17) is 0 Å². The third-order valence-corrected chi connectivity index (χ3v) is 2.61. The third-order valence-electron chi connectivity index (χ3n) is 2.61. The van der Waals surface area contributed by atoms with Gasteiger partial charge in [-0.25, -0.2) is 14.4 Å². The van der Waals surface area contributed by atoms with E-state index < -0.39 is 17.9 Å². The van der Waals surface area contributed by atoms with E-state index in [1.54, 1.807) is 4.90 Å². The highest BCUT2D eigenvalue weighted by Gasteiger charge is 2.31. The van der Waals surface area contributed by atoms with Crippen molar-refractivity contribution < 1.29 is 17.6 Å². The van der Waals surface area contributed by atoms with Crippen LogP contribution in [0.4, 0.5) is 23.5 Å². The van der Waals surface area contributed by atoms with Crippen molar-refractivity contribution in [2.75, 3.05) is 18.0 Å². The van der Waals surface area contributed by atoms with Crippen molar-refractivity contribution in [3.8, 4) is 0 Å². The second-order valence-corrected chi connectivity index (χ2v) is 3.96. The second-order valence-electron chi connectivity index (χ2n) is 3.96. The molecule has 1 atom stereocenters. The molecule has 94 valence electrons. The molecule has 0 radical (unpaired) electrons. The fourth-order valence-corrected chi connectivity index (χ4v) is 1.74. The number of halogens is 4. The summed E-state index contributed by atoms with van der Waals surface area (Å²) in [6, 6.07) is 0. The molecule has 1 fully saturated rings. The molecule has 3 nitrogen and oxygen atoms in total. The molecule has 0 aliphatic carbocycles. The summed E-state index contributed by atoms with van der Waals surface area (Å²) in [4.78, 5) is 8.83. The Morgan fingerprint density at radius 3 is 2.41 bits per heavy atom. The predicted octanol–water partition coefficient (Wildman–Crippen LogP) is 2.43. The smallest absolute Gasteiger partial charge is 0.338 e. The first-order valence-electron chi connectivity index (χ1n) is 5.25. The van der Waals surface area contributed by atoms with E-state index in [1.165, 1.54) is 0 Å². The van der Waals surface area contributed by atoms with Crippen molar-refractivity contribution in [1.82, 2.24) is 9.97 Å². The van der Waals surface area contributed by atoms with Gasteiger partial charge in [-0.1, -0.05) is 0 Å². The van der Waals surface area contributed by atoms with E-state index in [1.807, 2.05) is 0 Å². The van der Waals surface area contributed by atoms with Crippen LogP contribution in [0.15, 0.2) is 12.4 Å². The average Bonchev–Trinajstić information content (AvgIpc) is 2.28. The lowest BCUT2D eigenvalue weighted by molar-refractivity contribution is -0.138. The molecular weight excluding hydrogens is 238 g/mol. The Kier molecular flexibility index (Phi) is 3.17. The van der Waals surface area contributed by atoms with Crippen molar-refractivity contribution >= 4 is 5.95 Å². The van der Waals surface area contributed by atoms with Gasteiger partial charge in [0.2, 0.25) is 5.95 Å². The fraction of sp³-hybridized carbons (Fsp3) is 0.600. The molecule has 0 bridgehead atoms. The first kappa shape index (κ1) is 12.1. The van der Waals surface area contributed by atoms with E-state index >= 15 is 0 Å². The monoisotopic (exact) mass is 249 g/mol. The zero-order valence-electron chi connectivity index (χ0n) is 8.91. The fourth-order valence-electron chi connectivity index (χ4n) is 1.74. The van der Waals surface area contributed by atoms with E-state index in [9.17, 15) is 17.6 Å². The molecule has 17 heavy (non-hydrogen) atoms. The van der Waals surface area contributed by atoms with E-state index in [0.717, 1.165) is 12.4 Å². The standard InChI is InChI=1S/C10H11F4N3/c11-8-2-1-3-17(6-8)9-15-4-7(5-16-9)10(12,13)14/h4-5,8H,1-3,6H2. The number of alkyl halides is 4. The molecule has 2 heterocycles. The van der Waals surface area contributed by atoms with Crippen LogP contribution in [0.5, 0.6) is 0 Å². The quantitative estimate of drug-likeness (QED) is 0.716. The molecule has 0 N–H and O–H groups in total. The Hall–Kier alpha value is -1.40. The molecule has 1 aliphatic heterocycles. The van der Waals surface area contributed by atoms with Crippen molar-refractivity contribution in [3.05, 3.63) is 18.0 Å². The van der Waals surface area contributed by atoms with Gasteiger partial charge < -0.3 is 4.90 Å². The minimum Gasteiger partial charge on any atom is -0.338 e. The van der Waals surface area contributed by atoms with Gasteiger partial charge in [0, 0.05) is 18.9 Å². The Balaban J connectivity index is 2.12. The van der Waals surface area contributed by atoms with Crippen molar-refractivity contribution in [3.63, 3.8) is 0 Å². The van der Waals surface area contributed by atoms with Gasteiger partial charge in [-0.2, -0.15) is 13.2 Å². The summed E-state index contributed by atoms with van der Waals surface area (Å²) in [5, 5.41) is 0. The van der Waals surface area contributed by atoms with E-state index in [0.29, 0.717) is 19.4 Å². The number of hydrogen-bond donors (Lipinski definition) is 0. The zero-order valence-corrected chi connectivity index (χ0v) is 8.91. The lowest BCUT2D eigenvalue weighted by atomic mass is 10.1. The number of anilines is 1. The molecule has 0 amide bonds. The van der Waals surface area contributed by atoms with Crippen molar-refractivity contribution in [1.29, 1.82) is 0 Å². The second kappa shape index (κ2) is 4.46. The minimum atomic E-state index is -4.44. The van der Waals surface area contributed by atoms with Gasteiger partial charge in [0.25, 0.3) is 0 Å². The van der Waals surface area contributed by atoms with E-state index in [2.05, 4.69) is 9.97 Å². The summed E-state index contributed by atoms with van der Waals surface area (Å²) in [5.74, 6) is 0.153. The van der Waals surface area contributed by atoms with Crippen LogP contribution in [-0.2, 0) is 6.18 Å². The topological polar surface area (TPSA) is 29.0 Å². The highest BCUT2D eigenvalue weighted by molar-refractivity contribution is 5.31. The lowest BCUT2D eigenvalue weighted by Gasteiger charge is -2.28. The highest BCUT2D eigenvalue weighted by Crippen LogP contribution is 2.28. The van der Waals surface area contributed by atoms with Gasteiger partial charge in [-0.3, -0.25) is 0 Å².